The molecule has 3 aromatic rings. The number of nitrogens with zero attached hydrogens (tertiary/aromatic N) is 2. The van der Waals surface area contributed by atoms with E-state index in [2.05, 4.69) is 6.07 Å². The average molecular weight is 443 g/mol. The van der Waals surface area contributed by atoms with Crippen LogP contribution in [0, 0.1) is 6.92 Å². The first-order valence-electron chi connectivity index (χ1n) is 10.8. The summed E-state index contributed by atoms with van der Waals surface area (Å²) < 4.78 is 0. The fourth-order valence-corrected chi connectivity index (χ4v) is 4.60. The minimum absolute atomic E-state index is 0.244. The number of hydrogen-bond acceptors (Lipinski definition) is 3. The standard InChI is InChI=1S/C27H23ClN2O2/c1-18-8-10-19(11-9-18)17-30-26(31)24(21-12-14-22(28)15-13-21)25(27(30)32)29-16-4-6-20-5-2-3-7-23(20)29/h2-3,5,7-15H,4,6,16-17H2,1H3. The van der Waals surface area contributed by atoms with E-state index < -0.39 is 0 Å². The van der Waals surface area contributed by atoms with Crippen molar-refractivity contribution in [2.24, 2.45) is 0 Å². The summed E-state index contributed by atoms with van der Waals surface area (Å²) in [4.78, 5) is 30.7. The van der Waals surface area contributed by atoms with E-state index in [9.17, 15) is 9.59 Å². The van der Waals surface area contributed by atoms with Crippen molar-refractivity contribution in [1.29, 1.82) is 0 Å². The molecule has 0 spiro atoms. The highest BCUT2D eigenvalue weighted by molar-refractivity contribution is 6.37. The Morgan fingerprint density at radius 1 is 0.875 bits per heavy atom. The van der Waals surface area contributed by atoms with Crippen LogP contribution in [0.25, 0.3) is 5.57 Å². The number of fused-ring (bicyclic) bond motifs is 1. The Kier molecular flexibility index (Phi) is 5.32. The van der Waals surface area contributed by atoms with Crippen molar-refractivity contribution >= 4 is 34.7 Å². The van der Waals surface area contributed by atoms with Gasteiger partial charge in [-0.3, -0.25) is 14.5 Å². The van der Waals surface area contributed by atoms with Gasteiger partial charge >= 0.3 is 0 Å². The molecule has 0 radical (unpaired) electrons. The third kappa shape index (κ3) is 3.61. The summed E-state index contributed by atoms with van der Waals surface area (Å²) >= 11 is 6.10. The molecular weight excluding hydrogens is 420 g/mol. The summed E-state index contributed by atoms with van der Waals surface area (Å²) in [7, 11) is 0. The SMILES string of the molecule is Cc1ccc(CN2C(=O)C(c3ccc(Cl)cc3)=C(N3CCCc4ccccc43)C2=O)cc1. The van der Waals surface area contributed by atoms with Crippen LogP contribution in [-0.4, -0.2) is 23.3 Å². The van der Waals surface area contributed by atoms with E-state index in [1.54, 1.807) is 12.1 Å². The van der Waals surface area contributed by atoms with Gasteiger partial charge in [0.2, 0.25) is 0 Å². The van der Waals surface area contributed by atoms with Crippen LogP contribution in [0.2, 0.25) is 5.02 Å². The minimum atomic E-state index is -0.268. The number of hydrogen-bond donors (Lipinski definition) is 0. The molecule has 0 unspecified atom stereocenters. The first kappa shape index (κ1) is 20.5. The molecule has 2 aliphatic heterocycles. The summed E-state index contributed by atoms with van der Waals surface area (Å²) in [5, 5.41) is 0.590. The van der Waals surface area contributed by atoms with E-state index >= 15 is 0 Å². The van der Waals surface area contributed by atoms with Crippen LogP contribution in [0.5, 0.6) is 0 Å². The Hall–Kier alpha value is -3.37. The lowest BCUT2D eigenvalue weighted by atomic mass is 9.98. The molecule has 5 heteroatoms. The molecule has 0 aliphatic carbocycles. The molecule has 0 fully saturated rings. The maximum absolute atomic E-state index is 13.7. The predicted octanol–water partition coefficient (Wildman–Crippen LogP) is 5.38. The first-order valence-corrected chi connectivity index (χ1v) is 11.2. The molecule has 3 aromatic carbocycles. The number of imide groups is 1. The van der Waals surface area contributed by atoms with Crippen LogP contribution in [-0.2, 0) is 22.6 Å². The van der Waals surface area contributed by atoms with Gasteiger partial charge in [0.25, 0.3) is 11.8 Å². The van der Waals surface area contributed by atoms with Gasteiger partial charge in [-0.2, -0.15) is 0 Å². The molecule has 2 aliphatic rings. The number of aryl methyl sites for hydroxylation is 2. The monoisotopic (exact) mass is 442 g/mol. The van der Waals surface area contributed by atoms with Crippen molar-refractivity contribution in [3.05, 3.63) is 106 Å². The van der Waals surface area contributed by atoms with E-state index in [0.717, 1.165) is 29.7 Å². The number of rotatable bonds is 4. The van der Waals surface area contributed by atoms with Crippen LogP contribution in [0.4, 0.5) is 5.69 Å². The highest BCUT2D eigenvalue weighted by Crippen LogP contribution is 2.38. The fraction of sp³-hybridized carbons (Fsp3) is 0.185. The van der Waals surface area contributed by atoms with Crippen molar-refractivity contribution in [2.75, 3.05) is 11.4 Å². The van der Waals surface area contributed by atoms with Gasteiger partial charge in [-0.15, -0.1) is 0 Å². The Morgan fingerprint density at radius 2 is 1.59 bits per heavy atom. The summed E-state index contributed by atoms with van der Waals surface area (Å²) in [5.41, 5.74) is 5.85. The van der Waals surface area contributed by atoms with Crippen LogP contribution >= 0.6 is 11.6 Å². The van der Waals surface area contributed by atoms with Crippen LogP contribution in [0.15, 0.2) is 78.5 Å². The summed E-state index contributed by atoms with van der Waals surface area (Å²) in [6, 6.07) is 23.2. The summed E-state index contributed by atoms with van der Waals surface area (Å²) in [5.74, 6) is -0.520. The van der Waals surface area contributed by atoms with Gasteiger partial charge in [0.15, 0.2) is 0 Å². The molecule has 0 N–H and O–H groups in total. The van der Waals surface area contributed by atoms with Crippen LogP contribution in [0.3, 0.4) is 0 Å². The maximum Gasteiger partial charge on any atom is 0.278 e. The molecule has 0 bridgehead atoms. The van der Waals surface area contributed by atoms with E-state index in [0.29, 0.717) is 28.4 Å². The normalized spacial score (nSPS) is 16.1. The average Bonchev–Trinajstić information content (AvgIpc) is 3.05. The fourth-order valence-electron chi connectivity index (χ4n) is 4.48. The van der Waals surface area contributed by atoms with E-state index in [-0.39, 0.29) is 18.4 Å². The molecule has 0 saturated heterocycles. The lowest BCUT2D eigenvalue weighted by Crippen LogP contribution is -2.36. The lowest BCUT2D eigenvalue weighted by Gasteiger charge is -2.32. The van der Waals surface area contributed by atoms with E-state index in [4.69, 9.17) is 11.6 Å². The number of carbonyl (C=O) groups is 2. The van der Waals surface area contributed by atoms with Crippen LogP contribution < -0.4 is 4.90 Å². The molecule has 2 amide bonds. The van der Waals surface area contributed by atoms with Crippen molar-refractivity contribution < 1.29 is 9.59 Å². The zero-order valence-electron chi connectivity index (χ0n) is 17.8. The molecule has 160 valence electrons. The Bertz CT molecular complexity index is 1230. The highest BCUT2D eigenvalue weighted by Gasteiger charge is 2.42. The zero-order chi connectivity index (χ0) is 22.2. The smallest absolute Gasteiger partial charge is 0.278 e. The summed E-state index contributed by atoms with van der Waals surface area (Å²) in [6.07, 6.45) is 1.89. The molecule has 0 atom stereocenters. The second-order valence-corrected chi connectivity index (χ2v) is 8.73. The highest BCUT2D eigenvalue weighted by atomic mass is 35.5. The number of benzene rings is 3. The largest absolute Gasteiger partial charge is 0.336 e. The van der Waals surface area contributed by atoms with Crippen molar-refractivity contribution in [1.82, 2.24) is 4.90 Å². The van der Waals surface area contributed by atoms with Gasteiger partial charge in [0.05, 0.1) is 12.1 Å². The van der Waals surface area contributed by atoms with Crippen LogP contribution in [0.1, 0.15) is 28.7 Å². The van der Waals surface area contributed by atoms with Gasteiger partial charge in [0, 0.05) is 17.3 Å². The Morgan fingerprint density at radius 3 is 2.34 bits per heavy atom. The molecule has 2 heterocycles. The van der Waals surface area contributed by atoms with E-state index in [1.807, 2.05) is 66.4 Å². The lowest BCUT2D eigenvalue weighted by molar-refractivity contribution is -0.137. The topological polar surface area (TPSA) is 40.6 Å². The molecule has 0 aromatic heterocycles. The van der Waals surface area contributed by atoms with Crippen molar-refractivity contribution in [3.63, 3.8) is 0 Å². The molecular formula is C27H23ClN2O2. The second-order valence-electron chi connectivity index (χ2n) is 8.30. The minimum Gasteiger partial charge on any atom is -0.336 e. The number of para-hydroxylation sites is 1. The third-order valence-corrected chi connectivity index (χ3v) is 6.37. The molecule has 0 saturated carbocycles. The molecule has 4 nitrogen and oxygen atoms in total. The summed E-state index contributed by atoms with van der Waals surface area (Å²) in [6.45, 7) is 2.96. The Labute approximate surface area is 192 Å². The number of anilines is 1. The molecule has 32 heavy (non-hydrogen) atoms. The predicted molar refractivity (Wildman–Crippen MR) is 127 cm³/mol. The van der Waals surface area contributed by atoms with Gasteiger partial charge < -0.3 is 4.90 Å². The van der Waals surface area contributed by atoms with Gasteiger partial charge in [0.1, 0.15) is 5.70 Å². The molecule has 5 rings (SSSR count). The second kappa shape index (κ2) is 8.29. The van der Waals surface area contributed by atoms with Crippen molar-refractivity contribution in [3.8, 4) is 0 Å². The maximum atomic E-state index is 13.7. The quantitative estimate of drug-likeness (QED) is 0.509. The van der Waals surface area contributed by atoms with Gasteiger partial charge in [-0.1, -0.05) is 71.8 Å². The first-order chi connectivity index (χ1) is 15.5. The third-order valence-electron chi connectivity index (χ3n) is 6.12. The number of carbonyl (C=O) groups excluding carboxylic acids is 2. The van der Waals surface area contributed by atoms with Gasteiger partial charge in [-0.25, -0.2) is 0 Å². The number of halogens is 1. The van der Waals surface area contributed by atoms with Gasteiger partial charge in [-0.05, 0) is 54.7 Å². The Balaban J connectivity index is 1.61. The zero-order valence-corrected chi connectivity index (χ0v) is 18.6. The van der Waals surface area contributed by atoms with E-state index in [1.165, 1.54) is 10.5 Å². The number of amides is 2. The van der Waals surface area contributed by atoms with Crippen molar-refractivity contribution in [2.45, 2.75) is 26.3 Å².